The molecular formula is C14H21BrO2. The lowest BCUT2D eigenvalue weighted by molar-refractivity contribution is 0.249. The fraction of sp³-hybridized carbons (Fsp3) is 0.571. The SMILES string of the molecule is COc1c(C)cc(Br)c(C)c1C(C)(C)CCO. The summed E-state index contributed by atoms with van der Waals surface area (Å²) in [7, 11) is 1.70. The van der Waals surface area contributed by atoms with Gasteiger partial charge in [-0.05, 0) is 42.9 Å². The summed E-state index contributed by atoms with van der Waals surface area (Å²) in [4.78, 5) is 0. The number of halogens is 1. The molecule has 0 amide bonds. The van der Waals surface area contributed by atoms with Gasteiger partial charge in [0.15, 0.2) is 0 Å². The van der Waals surface area contributed by atoms with Gasteiger partial charge >= 0.3 is 0 Å². The molecule has 17 heavy (non-hydrogen) atoms. The van der Waals surface area contributed by atoms with Crippen LogP contribution in [0.1, 0.15) is 37.0 Å². The van der Waals surface area contributed by atoms with Crippen LogP contribution in [0.2, 0.25) is 0 Å². The van der Waals surface area contributed by atoms with Gasteiger partial charge in [0.2, 0.25) is 0 Å². The molecule has 0 spiro atoms. The van der Waals surface area contributed by atoms with Crippen molar-refractivity contribution in [2.45, 2.75) is 39.5 Å². The van der Waals surface area contributed by atoms with Crippen LogP contribution in [-0.4, -0.2) is 18.8 Å². The fourth-order valence-corrected chi connectivity index (χ4v) is 2.87. The van der Waals surface area contributed by atoms with E-state index in [9.17, 15) is 5.11 Å². The molecule has 96 valence electrons. The van der Waals surface area contributed by atoms with Gasteiger partial charge in [0.05, 0.1) is 7.11 Å². The van der Waals surface area contributed by atoms with E-state index in [1.807, 2.05) is 6.92 Å². The summed E-state index contributed by atoms with van der Waals surface area (Å²) in [6, 6.07) is 2.08. The molecule has 1 aromatic carbocycles. The molecule has 0 aliphatic heterocycles. The van der Waals surface area contributed by atoms with E-state index in [0.717, 1.165) is 22.2 Å². The molecule has 0 bridgehead atoms. The molecule has 1 N–H and O–H groups in total. The molecule has 1 aromatic rings. The molecule has 0 aliphatic carbocycles. The maximum Gasteiger partial charge on any atom is 0.125 e. The third kappa shape index (κ3) is 2.83. The molecule has 0 aliphatic rings. The van der Waals surface area contributed by atoms with E-state index in [1.54, 1.807) is 7.11 Å². The van der Waals surface area contributed by atoms with Gasteiger partial charge in [-0.15, -0.1) is 0 Å². The van der Waals surface area contributed by atoms with Crippen molar-refractivity contribution in [3.63, 3.8) is 0 Å². The Bertz CT molecular complexity index is 411. The molecule has 0 saturated carbocycles. The predicted molar refractivity (Wildman–Crippen MR) is 74.9 cm³/mol. The van der Waals surface area contributed by atoms with Crippen molar-refractivity contribution in [1.29, 1.82) is 0 Å². The Morgan fingerprint density at radius 3 is 2.41 bits per heavy atom. The Hall–Kier alpha value is -0.540. The van der Waals surface area contributed by atoms with E-state index in [2.05, 4.69) is 42.8 Å². The first-order valence-electron chi connectivity index (χ1n) is 5.80. The van der Waals surface area contributed by atoms with Crippen molar-refractivity contribution < 1.29 is 9.84 Å². The molecule has 3 heteroatoms. The first-order valence-corrected chi connectivity index (χ1v) is 6.59. The molecule has 0 radical (unpaired) electrons. The zero-order valence-electron chi connectivity index (χ0n) is 11.2. The number of hydrogen-bond donors (Lipinski definition) is 1. The summed E-state index contributed by atoms with van der Waals surface area (Å²) in [6.45, 7) is 8.59. The number of aliphatic hydroxyl groups is 1. The Balaban J connectivity index is 3.49. The summed E-state index contributed by atoms with van der Waals surface area (Å²) in [5.74, 6) is 0.934. The second-order valence-corrected chi connectivity index (χ2v) is 5.92. The summed E-state index contributed by atoms with van der Waals surface area (Å²) >= 11 is 3.59. The largest absolute Gasteiger partial charge is 0.496 e. The first-order chi connectivity index (χ1) is 7.85. The molecule has 0 saturated heterocycles. The molecule has 0 heterocycles. The highest BCUT2D eigenvalue weighted by Gasteiger charge is 2.28. The van der Waals surface area contributed by atoms with Crippen molar-refractivity contribution in [3.05, 3.63) is 27.2 Å². The Morgan fingerprint density at radius 2 is 1.94 bits per heavy atom. The summed E-state index contributed by atoms with van der Waals surface area (Å²) in [6.07, 6.45) is 0.722. The van der Waals surface area contributed by atoms with Crippen molar-refractivity contribution in [2.24, 2.45) is 0 Å². The van der Waals surface area contributed by atoms with E-state index in [4.69, 9.17) is 4.74 Å². The second kappa shape index (κ2) is 5.40. The highest BCUT2D eigenvalue weighted by Crippen LogP contribution is 2.41. The Morgan fingerprint density at radius 1 is 1.35 bits per heavy atom. The van der Waals surface area contributed by atoms with Crippen LogP contribution in [0, 0.1) is 13.8 Å². The van der Waals surface area contributed by atoms with E-state index >= 15 is 0 Å². The van der Waals surface area contributed by atoms with E-state index < -0.39 is 0 Å². The maximum absolute atomic E-state index is 9.20. The lowest BCUT2D eigenvalue weighted by Crippen LogP contribution is -2.22. The normalized spacial score (nSPS) is 11.7. The number of aryl methyl sites for hydroxylation is 1. The van der Waals surface area contributed by atoms with Gasteiger partial charge in [-0.3, -0.25) is 0 Å². The topological polar surface area (TPSA) is 29.5 Å². The number of hydrogen-bond acceptors (Lipinski definition) is 2. The monoisotopic (exact) mass is 300 g/mol. The number of aliphatic hydroxyl groups excluding tert-OH is 1. The fourth-order valence-electron chi connectivity index (χ4n) is 2.33. The van der Waals surface area contributed by atoms with Crippen LogP contribution in [0.4, 0.5) is 0 Å². The minimum absolute atomic E-state index is 0.0985. The summed E-state index contributed by atoms with van der Waals surface area (Å²) in [5.41, 5.74) is 3.39. The van der Waals surface area contributed by atoms with Gasteiger partial charge in [0.1, 0.15) is 5.75 Å². The van der Waals surface area contributed by atoms with Crippen molar-refractivity contribution in [2.75, 3.05) is 13.7 Å². The number of rotatable bonds is 4. The molecule has 2 nitrogen and oxygen atoms in total. The van der Waals surface area contributed by atoms with E-state index in [-0.39, 0.29) is 12.0 Å². The molecule has 0 aromatic heterocycles. The zero-order valence-corrected chi connectivity index (χ0v) is 12.8. The molecule has 0 fully saturated rings. The lowest BCUT2D eigenvalue weighted by Gasteiger charge is -2.30. The van der Waals surface area contributed by atoms with Crippen molar-refractivity contribution in [3.8, 4) is 5.75 Å². The third-order valence-corrected chi connectivity index (χ3v) is 4.10. The van der Waals surface area contributed by atoms with Crippen LogP contribution >= 0.6 is 15.9 Å². The van der Waals surface area contributed by atoms with Gasteiger partial charge in [0.25, 0.3) is 0 Å². The van der Waals surface area contributed by atoms with Crippen LogP contribution in [0.25, 0.3) is 0 Å². The van der Waals surface area contributed by atoms with Crippen LogP contribution in [-0.2, 0) is 5.41 Å². The van der Waals surface area contributed by atoms with Crippen LogP contribution < -0.4 is 4.74 Å². The average molecular weight is 301 g/mol. The average Bonchev–Trinajstić information content (AvgIpc) is 2.22. The molecule has 0 unspecified atom stereocenters. The maximum atomic E-state index is 9.20. The van der Waals surface area contributed by atoms with Gasteiger partial charge in [-0.25, -0.2) is 0 Å². The quantitative estimate of drug-likeness (QED) is 0.918. The third-order valence-electron chi connectivity index (χ3n) is 3.28. The zero-order chi connectivity index (χ0) is 13.2. The number of methoxy groups -OCH3 is 1. The van der Waals surface area contributed by atoms with Crippen molar-refractivity contribution >= 4 is 15.9 Å². The van der Waals surface area contributed by atoms with Crippen LogP contribution in [0.5, 0.6) is 5.75 Å². The predicted octanol–water partition coefficient (Wildman–Crippen LogP) is 3.73. The molecular weight excluding hydrogens is 280 g/mol. The van der Waals surface area contributed by atoms with E-state index in [0.29, 0.717) is 0 Å². The van der Waals surface area contributed by atoms with E-state index in [1.165, 1.54) is 11.1 Å². The van der Waals surface area contributed by atoms with Gasteiger partial charge in [-0.2, -0.15) is 0 Å². The lowest BCUT2D eigenvalue weighted by atomic mass is 9.78. The standard InChI is InChI=1S/C14H21BrO2/c1-9-8-11(15)10(2)12(13(9)17-5)14(3,4)6-7-16/h8,16H,6-7H2,1-5H3. The first kappa shape index (κ1) is 14.5. The minimum atomic E-state index is -0.0985. The van der Waals surface area contributed by atoms with Crippen molar-refractivity contribution in [1.82, 2.24) is 0 Å². The number of benzene rings is 1. The molecule has 0 atom stereocenters. The smallest absolute Gasteiger partial charge is 0.125 e. The minimum Gasteiger partial charge on any atom is -0.496 e. The second-order valence-electron chi connectivity index (χ2n) is 5.07. The Kier molecular flexibility index (Phi) is 4.62. The van der Waals surface area contributed by atoms with Gasteiger partial charge < -0.3 is 9.84 Å². The highest BCUT2D eigenvalue weighted by atomic mass is 79.9. The van der Waals surface area contributed by atoms with Gasteiger partial charge in [0, 0.05) is 16.6 Å². The van der Waals surface area contributed by atoms with Crippen LogP contribution in [0.3, 0.4) is 0 Å². The van der Waals surface area contributed by atoms with Gasteiger partial charge in [-0.1, -0.05) is 29.8 Å². The van der Waals surface area contributed by atoms with Crippen LogP contribution in [0.15, 0.2) is 10.5 Å². The molecule has 1 rings (SSSR count). The number of ether oxygens (including phenoxy) is 1. The Labute approximate surface area is 112 Å². The highest BCUT2D eigenvalue weighted by molar-refractivity contribution is 9.10. The summed E-state index contributed by atoms with van der Waals surface area (Å²) < 4.78 is 6.64. The summed E-state index contributed by atoms with van der Waals surface area (Å²) in [5, 5.41) is 9.20.